The molecule has 32 heavy (non-hydrogen) atoms. The van der Waals surface area contributed by atoms with Gasteiger partial charge in [-0.1, -0.05) is 24.3 Å². The van der Waals surface area contributed by atoms with Crippen LogP contribution in [0.4, 0.5) is 5.69 Å². The van der Waals surface area contributed by atoms with Crippen LogP contribution in [0.5, 0.6) is 5.75 Å². The van der Waals surface area contributed by atoms with Crippen LogP contribution in [0.2, 0.25) is 0 Å². The van der Waals surface area contributed by atoms with Gasteiger partial charge < -0.3 is 20.3 Å². The Balaban J connectivity index is 1.60. The molecule has 1 unspecified atom stereocenters. The highest BCUT2D eigenvalue weighted by Crippen LogP contribution is 2.21. The van der Waals surface area contributed by atoms with Crippen molar-refractivity contribution in [3.05, 3.63) is 59.7 Å². The lowest BCUT2D eigenvalue weighted by Gasteiger charge is -2.19. The zero-order chi connectivity index (χ0) is 22.9. The van der Waals surface area contributed by atoms with E-state index in [0.29, 0.717) is 30.7 Å². The molecule has 3 amide bonds. The highest BCUT2D eigenvalue weighted by Gasteiger charge is 2.23. The van der Waals surface area contributed by atoms with Gasteiger partial charge >= 0.3 is 0 Å². The van der Waals surface area contributed by atoms with E-state index in [-0.39, 0.29) is 17.7 Å². The molecule has 7 nitrogen and oxygen atoms in total. The van der Waals surface area contributed by atoms with Crippen LogP contribution in [0.15, 0.2) is 48.5 Å². The summed E-state index contributed by atoms with van der Waals surface area (Å²) in [5.41, 5.74) is 2.20. The van der Waals surface area contributed by atoms with Crippen molar-refractivity contribution in [3.8, 4) is 5.75 Å². The number of nitrogens with zero attached hydrogens (tertiary/aromatic N) is 1. The van der Waals surface area contributed by atoms with Crippen molar-refractivity contribution >= 4 is 35.2 Å². The molecule has 1 aliphatic rings. The first-order valence-corrected chi connectivity index (χ1v) is 12.0. The minimum Gasteiger partial charge on any atom is -0.496 e. The molecule has 0 bridgehead atoms. The van der Waals surface area contributed by atoms with Gasteiger partial charge in [0.2, 0.25) is 11.8 Å². The van der Waals surface area contributed by atoms with E-state index in [0.717, 1.165) is 30.0 Å². The summed E-state index contributed by atoms with van der Waals surface area (Å²) in [4.78, 5) is 39.3. The van der Waals surface area contributed by atoms with Crippen molar-refractivity contribution in [2.24, 2.45) is 0 Å². The van der Waals surface area contributed by atoms with Gasteiger partial charge in [0.25, 0.3) is 5.91 Å². The molecular formula is C24H29N3O4S. The molecular weight excluding hydrogens is 426 g/mol. The van der Waals surface area contributed by atoms with Crippen LogP contribution >= 0.6 is 11.8 Å². The summed E-state index contributed by atoms with van der Waals surface area (Å²) in [5, 5.41) is 5.76. The Kier molecular flexibility index (Phi) is 8.56. The molecule has 3 rings (SSSR count). The number of carbonyl (C=O) groups excluding carboxylic acids is 3. The van der Waals surface area contributed by atoms with E-state index < -0.39 is 6.04 Å². The third-order valence-corrected chi connectivity index (χ3v) is 6.02. The van der Waals surface area contributed by atoms with E-state index in [2.05, 4.69) is 10.6 Å². The largest absolute Gasteiger partial charge is 0.496 e. The number of thioether (sulfide) groups is 1. The predicted octanol–water partition coefficient (Wildman–Crippen LogP) is 2.99. The van der Waals surface area contributed by atoms with Gasteiger partial charge in [-0.3, -0.25) is 14.4 Å². The predicted molar refractivity (Wildman–Crippen MR) is 127 cm³/mol. The van der Waals surface area contributed by atoms with Gasteiger partial charge in [-0.15, -0.1) is 0 Å². The Morgan fingerprint density at radius 3 is 2.56 bits per heavy atom. The van der Waals surface area contributed by atoms with Crippen LogP contribution in [0.3, 0.4) is 0 Å². The minimum atomic E-state index is -0.652. The highest BCUT2D eigenvalue weighted by molar-refractivity contribution is 7.98. The molecule has 0 aliphatic carbocycles. The summed E-state index contributed by atoms with van der Waals surface area (Å²) in [6.07, 6.45) is 3.96. The fraction of sp³-hybridized carbons (Fsp3) is 0.375. The van der Waals surface area contributed by atoms with Crippen LogP contribution in [-0.2, 0) is 16.1 Å². The van der Waals surface area contributed by atoms with Crippen molar-refractivity contribution < 1.29 is 19.1 Å². The van der Waals surface area contributed by atoms with Crippen molar-refractivity contribution in [1.82, 2.24) is 10.6 Å². The van der Waals surface area contributed by atoms with Crippen LogP contribution in [0, 0.1) is 0 Å². The molecule has 2 aromatic rings. The number of hydrogen-bond donors (Lipinski definition) is 2. The summed E-state index contributed by atoms with van der Waals surface area (Å²) >= 11 is 1.62. The summed E-state index contributed by atoms with van der Waals surface area (Å²) in [5.74, 6) is 0.770. The van der Waals surface area contributed by atoms with Gasteiger partial charge in [-0.25, -0.2) is 0 Å². The lowest BCUT2D eigenvalue weighted by molar-refractivity contribution is -0.123. The van der Waals surface area contributed by atoms with Gasteiger partial charge in [-0.2, -0.15) is 11.8 Å². The van der Waals surface area contributed by atoms with Crippen molar-refractivity contribution in [3.63, 3.8) is 0 Å². The van der Waals surface area contributed by atoms with E-state index in [4.69, 9.17) is 4.74 Å². The number of nitrogens with one attached hydrogen (secondary N) is 2. The highest BCUT2D eigenvalue weighted by atomic mass is 32.2. The quantitative estimate of drug-likeness (QED) is 0.575. The molecule has 1 saturated heterocycles. The van der Waals surface area contributed by atoms with E-state index >= 15 is 0 Å². The molecule has 170 valence electrons. The summed E-state index contributed by atoms with van der Waals surface area (Å²) in [6, 6.07) is 13.9. The van der Waals surface area contributed by atoms with Gasteiger partial charge in [0.15, 0.2) is 0 Å². The molecule has 1 atom stereocenters. The van der Waals surface area contributed by atoms with Crippen molar-refractivity contribution in [1.29, 1.82) is 0 Å². The molecule has 1 fully saturated rings. The summed E-state index contributed by atoms with van der Waals surface area (Å²) < 4.78 is 5.26. The number of ether oxygens (including phenoxy) is 1. The van der Waals surface area contributed by atoms with Crippen LogP contribution < -0.4 is 20.3 Å². The number of amides is 3. The van der Waals surface area contributed by atoms with Crippen LogP contribution in [0.25, 0.3) is 0 Å². The maximum atomic E-state index is 12.8. The second kappa shape index (κ2) is 11.6. The van der Waals surface area contributed by atoms with Crippen LogP contribution in [0.1, 0.15) is 35.2 Å². The third kappa shape index (κ3) is 6.03. The topological polar surface area (TPSA) is 87.7 Å². The number of benzene rings is 2. The number of carbonyl (C=O) groups is 3. The van der Waals surface area contributed by atoms with Gasteiger partial charge in [0, 0.05) is 25.2 Å². The Morgan fingerprint density at radius 1 is 1.16 bits per heavy atom. The molecule has 1 heterocycles. The normalized spacial score (nSPS) is 14.2. The van der Waals surface area contributed by atoms with Crippen molar-refractivity contribution in [2.45, 2.75) is 31.8 Å². The maximum Gasteiger partial charge on any atom is 0.255 e. The first-order chi connectivity index (χ1) is 15.5. The average molecular weight is 456 g/mol. The van der Waals surface area contributed by atoms with E-state index in [9.17, 15) is 14.4 Å². The van der Waals surface area contributed by atoms with Crippen LogP contribution in [-0.4, -0.2) is 49.4 Å². The second-order valence-electron chi connectivity index (χ2n) is 7.54. The molecule has 8 heteroatoms. The Bertz CT molecular complexity index is 949. The van der Waals surface area contributed by atoms with Gasteiger partial charge in [-0.05, 0) is 54.7 Å². The third-order valence-electron chi connectivity index (χ3n) is 5.37. The fourth-order valence-corrected chi connectivity index (χ4v) is 4.07. The van der Waals surface area contributed by atoms with Gasteiger partial charge in [0.1, 0.15) is 11.8 Å². The minimum absolute atomic E-state index is 0.147. The first kappa shape index (κ1) is 23.7. The number of rotatable bonds is 10. The van der Waals surface area contributed by atoms with Crippen molar-refractivity contribution in [2.75, 3.05) is 30.6 Å². The maximum absolute atomic E-state index is 12.8. The zero-order valence-electron chi connectivity index (χ0n) is 18.4. The second-order valence-corrected chi connectivity index (χ2v) is 8.53. The average Bonchev–Trinajstić information content (AvgIpc) is 3.26. The first-order valence-electron chi connectivity index (χ1n) is 10.6. The summed E-state index contributed by atoms with van der Waals surface area (Å²) in [7, 11) is 1.51. The van der Waals surface area contributed by atoms with E-state index in [1.165, 1.54) is 7.11 Å². The van der Waals surface area contributed by atoms with E-state index in [1.54, 1.807) is 40.9 Å². The van der Waals surface area contributed by atoms with E-state index in [1.807, 2.05) is 30.5 Å². The fourth-order valence-electron chi connectivity index (χ4n) is 3.60. The molecule has 0 spiro atoms. The lowest BCUT2D eigenvalue weighted by Crippen LogP contribution is -2.47. The molecule has 0 saturated carbocycles. The molecule has 2 aromatic carbocycles. The zero-order valence-corrected chi connectivity index (χ0v) is 19.2. The molecule has 0 radical (unpaired) electrons. The smallest absolute Gasteiger partial charge is 0.255 e. The Hall–Kier alpha value is -3.00. The number of anilines is 1. The Labute approximate surface area is 192 Å². The SMILES string of the molecule is COc1ccccc1C(=O)NC(CCSC)C(=O)NCc1ccc(N2CCCC2=O)cc1. The Morgan fingerprint density at radius 2 is 1.91 bits per heavy atom. The number of hydrogen-bond acceptors (Lipinski definition) is 5. The summed E-state index contributed by atoms with van der Waals surface area (Å²) in [6.45, 7) is 1.09. The van der Waals surface area contributed by atoms with Gasteiger partial charge in [0.05, 0.1) is 12.7 Å². The standard InChI is InChI=1S/C24H29N3O4S/c1-31-21-7-4-3-6-19(21)23(29)26-20(13-15-32-2)24(30)25-16-17-9-11-18(12-10-17)27-14-5-8-22(27)28/h3-4,6-7,9-12,20H,5,8,13-16H2,1-2H3,(H,25,30)(H,26,29). The molecule has 2 N–H and O–H groups in total. The number of methoxy groups -OCH3 is 1. The molecule has 1 aliphatic heterocycles. The lowest BCUT2D eigenvalue weighted by atomic mass is 10.1. The molecule has 0 aromatic heterocycles. The number of para-hydroxylation sites is 1. The monoisotopic (exact) mass is 455 g/mol.